The highest BCUT2D eigenvalue weighted by molar-refractivity contribution is 7.89. The van der Waals surface area contributed by atoms with Crippen LogP contribution in [0.4, 0.5) is 15.9 Å². The number of pyridine rings is 1. The second kappa shape index (κ2) is 7.07. The number of halogens is 2. The fourth-order valence-corrected chi connectivity index (χ4v) is 4.91. The van der Waals surface area contributed by atoms with Crippen LogP contribution in [0.25, 0.3) is 10.9 Å². The molecule has 0 radical (unpaired) electrons. The van der Waals surface area contributed by atoms with E-state index in [4.69, 9.17) is 11.6 Å². The highest BCUT2D eigenvalue weighted by Crippen LogP contribution is 2.28. The molecule has 0 amide bonds. The highest BCUT2D eigenvalue weighted by Gasteiger charge is 2.27. The van der Waals surface area contributed by atoms with Gasteiger partial charge < -0.3 is 5.32 Å². The first-order valence-electron chi connectivity index (χ1n) is 8.56. The molecule has 1 saturated heterocycles. The van der Waals surface area contributed by atoms with Crippen LogP contribution in [0, 0.1) is 5.82 Å². The van der Waals surface area contributed by atoms with Crippen LogP contribution < -0.4 is 5.32 Å². The third-order valence-corrected chi connectivity index (χ3v) is 6.76. The summed E-state index contributed by atoms with van der Waals surface area (Å²) in [6, 6.07) is 12.5. The number of nitrogens with one attached hydrogen (secondary N) is 1. The van der Waals surface area contributed by atoms with Gasteiger partial charge in [-0.1, -0.05) is 11.6 Å². The Balaban J connectivity index is 1.64. The van der Waals surface area contributed by atoms with Crippen LogP contribution in [0.15, 0.2) is 53.4 Å². The Morgan fingerprint density at radius 3 is 2.56 bits per heavy atom. The van der Waals surface area contributed by atoms with Crippen LogP contribution in [0.3, 0.4) is 0 Å². The summed E-state index contributed by atoms with van der Waals surface area (Å²) in [6.45, 7) is 1.14. The van der Waals surface area contributed by atoms with E-state index in [2.05, 4.69) is 10.3 Å². The molecule has 1 fully saturated rings. The average molecular weight is 406 g/mol. The standard InChI is InChI=1S/C19H17ClFN3O2S/c20-16-12-14(21)4-6-18(16)23-19-8-3-13-11-15(5-7-17(13)22-19)27(25,26)24-9-1-2-10-24/h3-8,11-12H,1-2,9-10H2,(H,22,23). The van der Waals surface area contributed by atoms with Crippen LogP contribution in [0.2, 0.25) is 5.02 Å². The van der Waals surface area contributed by atoms with E-state index in [0.717, 1.165) is 18.2 Å². The number of aromatic nitrogens is 1. The molecule has 1 aliphatic rings. The second-order valence-corrected chi connectivity index (χ2v) is 8.76. The minimum atomic E-state index is -3.46. The smallest absolute Gasteiger partial charge is 0.243 e. The number of fused-ring (bicyclic) bond motifs is 1. The molecule has 2 aromatic carbocycles. The number of sulfonamides is 1. The molecule has 0 saturated carbocycles. The molecule has 1 N–H and O–H groups in total. The van der Waals surface area contributed by atoms with Crippen LogP contribution in [-0.2, 0) is 10.0 Å². The van der Waals surface area contributed by atoms with Crippen molar-refractivity contribution >= 4 is 44.0 Å². The van der Waals surface area contributed by atoms with Crippen molar-refractivity contribution in [3.05, 3.63) is 59.4 Å². The molecule has 0 unspecified atom stereocenters. The molecule has 0 atom stereocenters. The van der Waals surface area contributed by atoms with E-state index >= 15 is 0 Å². The molecule has 1 aromatic heterocycles. The lowest BCUT2D eigenvalue weighted by molar-refractivity contribution is 0.477. The zero-order valence-electron chi connectivity index (χ0n) is 14.3. The van der Waals surface area contributed by atoms with Gasteiger partial charge in [-0.3, -0.25) is 0 Å². The summed E-state index contributed by atoms with van der Waals surface area (Å²) < 4.78 is 40.1. The lowest BCUT2D eigenvalue weighted by Gasteiger charge is -2.16. The molecular formula is C19H17ClFN3O2S. The Labute approximate surface area is 161 Å². The molecule has 8 heteroatoms. The van der Waals surface area contributed by atoms with Gasteiger partial charge in [0.25, 0.3) is 0 Å². The van der Waals surface area contributed by atoms with Crippen LogP contribution >= 0.6 is 11.6 Å². The molecule has 0 aliphatic carbocycles. The van der Waals surface area contributed by atoms with Gasteiger partial charge in [-0.05, 0) is 61.4 Å². The summed E-state index contributed by atoms with van der Waals surface area (Å²) in [5.74, 6) is 0.120. The molecule has 2 heterocycles. The Bertz CT molecular complexity index is 1120. The van der Waals surface area contributed by atoms with Gasteiger partial charge in [0.1, 0.15) is 11.6 Å². The number of rotatable bonds is 4. The topological polar surface area (TPSA) is 62.3 Å². The quantitative estimate of drug-likeness (QED) is 0.691. The Kier molecular flexibility index (Phi) is 4.75. The molecule has 5 nitrogen and oxygen atoms in total. The van der Waals surface area contributed by atoms with E-state index in [9.17, 15) is 12.8 Å². The fourth-order valence-electron chi connectivity index (χ4n) is 3.14. The first-order chi connectivity index (χ1) is 12.9. The highest BCUT2D eigenvalue weighted by atomic mass is 35.5. The van der Waals surface area contributed by atoms with Crippen LogP contribution in [0.1, 0.15) is 12.8 Å². The maximum absolute atomic E-state index is 13.2. The van der Waals surface area contributed by atoms with Gasteiger partial charge in [0.2, 0.25) is 10.0 Å². The molecule has 0 bridgehead atoms. The minimum Gasteiger partial charge on any atom is -0.339 e. The van der Waals surface area contributed by atoms with Crippen molar-refractivity contribution in [1.29, 1.82) is 0 Å². The van der Waals surface area contributed by atoms with Gasteiger partial charge in [-0.25, -0.2) is 17.8 Å². The number of benzene rings is 2. The van der Waals surface area contributed by atoms with Gasteiger partial charge in [-0.15, -0.1) is 0 Å². The van der Waals surface area contributed by atoms with Crippen molar-refractivity contribution < 1.29 is 12.8 Å². The lowest BCUT2D eigenvalue weighted by atomic mass is 10.2. The Hall–Kier alpha value is -2.22. The summed E-state index contributed by atoms with van der Waals surface area (Å²) in [5, 5.41) is 4.03. The van der Waals surface area contributed by atoms with Gasteiger partial charge in [-0.2, -0.15) is 4.31 Å². The molecule has 1 aliphatic heterocycles. The van der Waals surface area contributed by atoms with Gasteiger partial charge in [0.15, 0.2) is 0 Å². The predicted octanol–water partition coefficient (Wildman–Crippen LogP) is 4.56. The normalized spacial score (nSPS) is 15.3. The predicted molar refractivity (Wildman–Crippen MR) is 104 cm³/mol. The van der Waals surface area contributed by atoms with Crippen molar-refractivity contribution in [2.45, 2.75) is 17.7 Å². The SMILES string of the molecule is O=S(=O)(c1ccc2nc(Nc3ccc(F)cc3Cl)ccc2c1)N1CCCC1. The summed E-state index contributed by atoms with van der Waals surface area (Å²) in [7, 11) is -3.46. The van der Waals surface area contributed by atoms with Gasteiger partial charge in [0, 0.05) is 18.5 Å². The first-order valence-corrected chi connectivity index (χ1v) is 10.4. The zero-order chi connectivity index (χ0) is 19.0. The summed E-state index contributed by atoms with van der Waals surface area (Å²) in [5.41, 5.74) is 1.19. The van der Waals surface area contributed by atoms with Crippen molar-refractivity contribution in [2.75, 3.05) is 18.4 Å². The van der Waals surface area contributed by atoms with E-state index in [0.29, 0.717) is 30.1 Å². The molecule has 3 aromatic rings. The second-order valence-electron chi connectivity index (χ2n) is 6.41. The van der Waals surface area contributed by atoms with E-state index in [1.807, 2.05) is 0 Å². The number of hydrogen-bond acceptors (Lipinski definition) is 4. The molecule has 27 heavy (non-hydrogen) atoms. The summed E-state index contributed by atoms with van der Waals surface area (Å²) >= 11 is 6.03. The molecule has 0 spiro atoms. The monoisotopic (exact) mass is 405 g/mol. The number of hydrogen-bond donors (Lipinski definition) is 1. The summed E-state index contributed by atoms with van der Waals surface area (Å²) in [6.07, 6.45) is 1.80. The number of anilines is 2. The van der Waals surface area contributed by atoms with E-state index in [-0.39, 0.29) is 9.92 Å². The largest absolute Gasteiger partial charge is 0.339 e. The van der Waals surface area contributed by atoms with E-state index in [1.165, 1.54) is 22.5 Å². The van der Waals surface area contributed by atoms with Crippen LogP contribution in [-0.4, -0.2) is 30.8 Å². The Morgan fingerprint density at radius 1 is 1.04 bits per heavy atom. The fraction of sp³-hybridized carbons (Fsp3) is 0.211. The van der Waals surface area contributed by atoms with E-state index in [1.54, 1.807) is 30.3 Å². The zero-order valence-corrected chi connectivity index (χ0v) is 15.9. The molecule has 4 rings (SSSR count). The minimum absolute atomic E-state index is 0.254. The van der Waals surface area contributed by atoms with Crippen molar-refractivity contribution in [3.63, 3.8) is 0 Å². The van der Waals surface area contributed by atoms with Crippen LogP contribution in [0.5, 0.6) is 0 Å². The van der Waals surface area contributed by atoms with Crippen molar-refractivity contribution in [3.8, 4) is 0 Å². The van der Waals surface area contributed by atoms with Gasteiger partial charge in [0.05, 0.1) is 21.1 Å². The molecule has 140 valence electrons. The third-order valence-electron chi connectivity index (χ3n) is 4.56. The van der Waals surface area contributed by atoms with E-state index < -0.39 is 15.8 Å². The lowest BCUT2D eigenvalue weighted by Crippen LogP contribution is -2.27. The van der Waals surface area contributed by atoms with Gasteiger partial charge >= 0.3 is 0 Å². The third kappa shape index (κ3) is 3.63. The molecular weight excluding hydrogens is 389 g/mol. The van der Waals surface area contributed by atoms with Crippen molar-refractivity contribution in [1.82, 2.24) is 9.29 Å². The van der Waals surface area contributed by atoms with Crippen molar-refractivity contribution in [2.24, 2.45) is 0 Å². The summed E-state index contributed by atoms with van der Waals surface area (Å²) in [4.78, 5) is 4.76. The Morgan fingerprint density at radius 2 is 1.81 bits per heavy atom. The maximum Gasteiger partial charge on any atom is 0.243 e. The average Bonchev–Trinajstić information content (AvgIpc) is 3.19. The first kappa shape index (κ1) is 18.2. The maximum atomic E-state index is 13.2. The number of nitrogens with zero attached hydrogens (tertiary/aromatic N) is 2.